The molecule has 0 aliphatic carbocycles. The highest BCUT2D eigenvalue weighted by Crippen LogP contribution is 2.33. The van der Waals surface area contributed by atoms with Crippen LogP contribution >= 0.6 is 0 Å². The lowest BCUT2D eigenvalue weighted by Crippen LogP contribution is -2.36. The molecule has 3 rings (SSSR count). The van der Waals surface area contributed by atoms with Gasteiger partial charge in [0.15, 0.2) is 0 Å². The monoisotopic (exact) mass is 276 g/mol. The smallest absolute Gasteiger partial charge is 0.414 e. The first-order chi connectivity index (χ1) is 9.79. The van der Waals surface area contributed by atoms with E-state index < -0.39 is 0 Å². The first kappa shape index (κ1) is 13.2. The van der Waals surface area contributed by atoms with Crippen LogP contribution in [0.5, 0.6) is 5.75 Å². The van der Waals surface area contributed by atoms with Crippen molar-refractivity contribution in [2.45, 2.75) is 18.9 Å². The minimum atomic E-state index is -0.266. The van der Waals surface area contributed by atoms with Gasteiger partial charge in [-0.05, 0) is 38.1 Å². The fraction of sp³-hybridized carbons (Fsp3) is 0.533. The predicted molar refractivity (Wildman–Crippen MR) is 76.2 cm³/mol. The Bertz CT molecular complexity index is 486. The van der Waals surface area contributed by atoms with Gasteiger partial charge in [-0.3, -0.25) is 4.90 Å². The van der Waals surface area contributed by atoms with E-state index in [-0.39, 0.29) is 12.2 Å². The molecule has 20 heavy (non-hydrogen) atoms. The molecule has 5 nitrogen and oxygen atoms in total. The number of carbonyl (C=O) groups is 1. The summed E-state index contributed by atoms with van der Waals surface area (Å²) in [5.74, 6) is 1.16. The van der Waals surface area contributed by atoms with Crippen LogP contribution in [0.25, 0.3) is 0 Å². The topological polar surface area (TPSA) is 50.8 Å². The molecule has 1 aromatic carbocycles. The van der Waals surface area contributed by atoms with Gasteiger partial charge in [0.2, 0.25) is 0 Å². The number of methoxy groups -OCH3 is 1. The highest BCUT2D eigenvalue weighted by Gasteiger charge is 2.38. The third-order valence-electron chi connectivity index (χ3n) is 4.12. The Morgan fingerprint density at radius 1 is 1.30 bits per heavy atom. The molecule has 2 aliphatic rings. The predicted octanol–water partition coefficient (Wildman–Crippen LogP) is 2.02. The summed E-state index contributed by atoms with van der Waals surface area (Å²) in [6, 6.07) is 7.56. The second-order valence-electron chi connectivity index (χ2n) is 5.29. The van der Waals surface area contributed by atoms with Gasteiger partial charge in [-0.25, -0.2) is 4.79 Å². The molecule has 1 unspecified atom stereocenters. The number of hydrogen-bond donors (Lipinski definition) is 1. The summed E-state index contributed by atoms with van der Waals surface area (Å²) in [5.41, 5.74) is 0.788. The molecule has 1 amide bonds. The van der Waals surface area contributed by atoms with Crippen molar-refractivity contribution in [3.05, 3.63) is 24.3 Å². The van der Waals surface area contributed by atoms with E-state index in [1.807, 2.05) is 24.3 Å². The summed E-state index contributed by atoms with van der Waals surface area (Å²) in [5, 5.41) is 3.34. The molecule has 0 radical (unpaired) electrons. The van der Waals surface area contributed by atoms with Gasteiger partial charge >= 0.3 is 6.09 Å². The molecule has 2 fully saturated rings. The number of anilines is 1. The van der Waals surface area contributed by atoms with Gasteiger partial charge in [0.25, 0.3) is 0 Å². The number of piperidine rings is 1. The van der Waals surface area contributed by atoms with E-state index in [1.165, 1.54) is 0 Å². The number of cyclic esters (lactones) is 1. The number of nitrogens with one attached hydrogen (secondary N) is 1. The van der Waals surface area contributed by atoms with Crippen LogP contribution in [-0.2, 0) is 4.74 Å². The zero-order chi connectivity index (χ0) is 13.9. The first-order valence-electron chi connectivity index (χ1n) is 7.11. The Balaban J connectivity index is 1.76. The molecule has 0 spiro atoms. The van der Waals surface area contributed by atoms with Crippen molar-refractivity contribution in [1.82, 2.24) is 5.32 Å². The van der Waals surface area contributed by atoms with Crippen LogP contribution in [0, 0.1) is 5.92 Å². The minimum Gasteiger partial charge on any atom is -0.495 e. The normalized spacial score (nSPS) is 23.8. The molecular weight excluding hydrogens is 256 g/mol. The van der Waals surface area contributed by atoms with Gasteiger partial charge in [-0.2, -0.15) is 0 Å². The van der Waals surface area contributed by atoms with Crippen LogP contribution in [0.1, 0.15) is 12.8 Å². The fourth-order valence-corrected chi connectivity index (χ4v) is 3.00. The Morgan fingerprint density at radius 3 is 2.80 bits per heavy atom. The molecule has 1 atom stereocenters. The van der Waals surface area contributed by atoms with E-state index in [9.17, 15) is 4.79 Å². The van der Waals surface area contributed by atoms with E-state index >= 15 is 0 Å². The Kier molecular flexibility index (Phi) is 3.78. The van der Waals surface area contributed by atoms with Crippen LogP contribution < -0.4 is 15.0 Å². The number of para-hydroxylation sites is 2. The molecule has 2 aliphatic heterocycles. The Hall–Kier alpha value is -1.75. The molecule has 0 saturated carbocycles. The van der Waals surface area contributed by atoms with E-state index in [0.29, 0.717) is 18.2 Å². The summed E-state index contributed by atoms with van der Waals surface area (Å²) < 4.78 is 10.9. The maximum absolute atomic E-state index is 12.1. The van der Waals surface area contributed by atoms with Crippen LogP contribution in [0.15, 0.2) is 24.3 Å². The van der Waals surface area contributed by atoms with Crippen molar-refractivity contribution in [3.8, 4) is 5.75 Å². The Labute approximate surface area is 118 Å². The van der Waals surface area contributed by atoms with Crippen molar-refractivity contribution in [2.24, 2.45) is 5.92 Å². The lowest BCUT2D eigenvalue weighted by molar-refractivity contribution is 0.0919. The van der Waals surface area contributed by atoms with Gasteiger partial charge in [0, 0.05) is 5.92 Å². The van der Waals surface area contributed by atoms with Crippen LogP contribution in [-0.4, -0.2) is 38.9 Å². The standard InChI is InChI=1S/C15H20N2O3/c1-19-13-5-3-2-4-12(13)17-10-14(20-15(17)18)11-6-8-16-9-7-11/h2-5,11,14,16H,6-10H2,1H3. The quantitative estimate of drug-likeness (QED) is 0.917. The van der Waals surface area contributed by atoms with Crippen LogP contribution in [0.3, 0.4) is 0 Å². The molecule has 5 heteroatoms. The van der Waals surface area contributed by atoms with Gasteiger partial charge in [0.05, 0.1) is 19.3 Å². The maximum atomic E-state index is 12.1. The highest BCUT2D eigenvalue weighted by atomic mass is 16.6. The first-order valence-corrected chi connectivity index (χ1v) is 7.11. The van der Waals surface area contributed by atoms with Crippen molar-refractivity contribution in [1.29, 1.82) is 0 Å². The van der Waals surface area contributed by atoms with Crippen molar-refractivity contribution >= 4 is 11.8 Å². The van der Waals surface area contributed by atoms with Crippen molar-refractivity contribution in [2.75, 3.05) is 31.6 Å². The maximum Gasteiger partial charge on any atom is 0.414 e. The number of benzene rings is 1. The number of carbonyl (C=O) groups excluding carboxylic acids is 1. The van der Waals surface area contributed by atoms with Gasteiger partial charge < -0.3 is 14.8 Å². The molecule has 108 valence electrons. The number of rotatable bonds is 3. The molecule has 0 aromatic heterocycles. The van der Waals surface area contributed by atoms with Crippen molar-refractivity contribution in [3.63, 3.8) is 0 Å². The fourth-order valence-electron chi connectivity index (χ4n) is 3.00. The zero-order valence-electron chi connectivity index (χ0n) is 11.7. The van der Waals surface area contributed by atoms with E-state index in [2.05, 4.69) is 5.32 Å². The lowest BCUT2D eigenvalue weighted by atomic mass is 9.92. The molecule has 2 saturated heterocycles. The van der Waals surface area contributed by atoms with Crippen LogP contribution in [0.2, 0.25) is 0 Å². The minimum absolute atomic E-state index is 0.00508. The van der Waals surface area contributed by atoms with Gasteiger partial charge in [-0.15, -0.1) is 0 Å². The summed E-state index contributed by atoms with van der Waals surface area (Å²) in [4.78, 5) is 13.8. The third kappa shape index (κ3) is 2.45. The molecule has 1 N–H and O–H groups in total. The second kappa shape index (κ2) is 5.71. The lowest BCUT2D eigenvalue weighted by Gasteiger charge is -2.26. The van der Waals surface area contributed by atoms with E-state index in [0.717, 1.165) is 31.6 Å². The SMILES string of the molecule is COc1ccccc1N1CC(C2CCNCC2)OC1=O. The molecule has 1 aromatic rings. The van der Waals surface area contributed by atoms with Crippen LogP contribution in [0.4, 0.5) is 10.5 Å². The highest BCUT2D eigenvalue weighted by molar-refractivity contribution is 5.91. The molecule has 0 bridgehead atoms. The van der Waals surface area contributed by atoms with Gasteiger partial charge in [-0.1, -0.05) is 12.1 Å². The average Bonchev–Trinajstić information content (AvgIpc) is 2.90. The number of amides is 1. The average molecular weight is 276 g/mol. The van der Waals surface area contributed by atoms with Gasteiger partial charge in [0.1, 0.15) is 11.9 Å². The number of nitrogens with zero attached hydrogens (tertiary/aromatic N) is 1. The van der Waals surface area contributed by atoms with E-state index in [1.54, 1.807) is 12.0 Å². The number of hydrogen-bond acceptors (Lipinski definition) is 4. The molecular formula is C15H20N2O3. The summed E-state index contributed by atoms with van der Waals surface area (Å²) in [7, 11) is 1.62. The van der Waals surface area contributed by atoms with E-state index in [4.69, 9.17) is 9.47 Å². The Morgan fingerprint density at radius 2 is 2.05 bits per heavy atom. The summed E-state index contributed by atoms with van der Waals surface area (Å²) in [6.45, 7) is 2.63. The van der Waals surface area contributed by atoms with Crippen molar-refractivity contribution < 1.29 is 14.3 Å². The summed E-state index contributed by atoms with van der Waals surface area (Å²) >= 11 is 0. The third-order valence-corrected chi connectivity index (χ3v) is 4.12. The second-order valence-corrected chi connectivity index (χ2v) is 5.29. The number of ether oxygens (including phenoxy) is 2. The zero-order valence-corrected chi connectivity index (χ0v) is 11.7. The largest absolute Gasteiger partial charge is 0.495 e. The summed E-state index contributed by atoms with van der Waals surface area (Å²) in [6.07, 6.45) is 1.86. The molecule has 2 heterocycles.